The van der Waals surface area contributed by atoms with E-state index in [1.165, 1.54) is 36.7 Å². The van der Waals surface area contributed by atoms with Gasteiger partial charge in [-0.3, -0.25) is 9.59 Å². The average Bonchev–Trinajstić information content (AvgIpc) is 2.73. The lowest BCUT2D eigenvalue weighted by Gasteiger charge is -2.28. The highest BCUT2D eigenvalue weighted by Gasteiger charge is 2.12. The first kappa shape index (κ1) is 19.3. The molecule has 5 nitrogen and oxygen atoms in total. The third-order valence-corrected chi connectivity index (χ3v) is 5.32. The number of hydrogen-bond acceptors (Lipinski definition) is 5. The number of esters is 1. The van der Waals surface area contributed by atoms with Crippen molar-refractivity contribution >= 4 is 35.0 Å². The first-order chi connectivity index (χ1) is 13.2. The summed E-state index contributed by atoms with van der Waals surface area (Å²) in [4.78, 5) is 27.1. The predicted molar refractivity (Wildman–Crippen MR) is 109 cm³/mol. The maximum absolute atomic E-state index is 12.0. The van der Waals surface area contributed by atoms with Gasteiger partial charge in [0.2, 0.25) is 0 Å². The summed E-state index contributed by atoms with van der Waals surface area (Å²) < 4.78 is 5.04. The van der Waals surface area contributed by atoms with Gasteiger partial charge in [-0.2, -0.15) is 0 Å². The number of amides is 1. The molecule has 1 aliphatic heterocycles. The van der Waals surface area contributed by atoms with Crippen LogP contribution < -0.4 is 10.2 Å². The molecule has 142 valence electrons. The molecule has 0 aliphatic carbocycles. The molecule has 0 atom stereocenters. The molecule has 1 amide bonds. The van der Waals surface area contributed by atoms with Crippen LogP contribution in [0.3, 0.4) is 0 Å². The van der Waals surface area contributed by atoms with Crippen LogP contribution in [-0.2, 0) is 14.3 Å². The van der Waals surface area contributed by atoms with E-state index < -0.39 is 5.97 Å². The molecule has 6 heteroatoms. The van der Waals surface area contributed by atoms with Gasteiger partial charge in [-0.25, -0.2) is 0 Å². The Hall–Kier alpha value is -2.47. The van der Waals surface area contributed by atoms with Crippen molar-refractivity contribution < 1.29 is 14.3 Å². The van der Waals surface area contributed by atoms with Crippen molar-refractivity contribution in [1.82, 2.24) is 0 Å². The Morgan fingerprint density at radius 1 is 0.963 bits per heavy atom. The molecule has 1 heterocycles. The van der Waals surface area contributed by atoms with E-state index in [2.05, 4.69) is 10.2 Å². The smallest absolute Gasteiger partial charge is 0.316 e. The Balaban J connectivity index is 1.39. The molecule has 0 radical (unpaired) electrons. The summed E-state index contributed by atoms with van der Waals surface area (Å²) in [6.07, 6.45) is 3.76. The van der Waals surface area contributed by atoms with E-state index in [-0.39, 0.29) is 18.3 Å². The first-order valence-electron chi connectivity index (χ1n) is 9.19. The van der Waals surface area contributed by atoms with Crippen molar-refractivity contribution in [1.29, 1.82) is 0 Å². The van der Waals surface area contributed by atoms with E-state index in [0.717, 1.165) is 18.0 Å². The van der Waals surface area contributed by atoms with E-state index in [9.17, 15) is 9.59 Å². The van der Waals surface area contributed by atoms with Gasteiger partial charge in [0.05, 0.1) is 5.75 Å². The van der Waals surface area contributed by atoms with Gasteiger partial charge in [0, 0.05) is 29.4 Å². The third-order valence-electron chi connectivity index (χ3n) is 4.34. The number of benzene rings is 2. The number of thioether (sulfide) groups is 1. The highest BCUT2D eigenvalue weighted by Crippen LogP contribution is 2.22. The number of nitrogens with one attached hydrogen (secondary N) is 1. The van der Waals surface area contributed by atoms with Crippen LogP contribution in [0.1, 0.15) is 19.3 Å². The minimum absolute atomic E-state index is 0.182. The maximum atomic E-state index is 12.0. The summed E-state index contributed by atoms with van der Waals surface area (Å²) in [6.45, 7) is 1.90. The van der Waals surface area contributed by atoms with Gasteiger partial charge in [0.25, 0.3) is 5.91 Å². The highest BCUT2D eigenvalue weighted by atomic mass is 32.2. The minimum atomic E-state index is -0.403. The largest absolute Gasteiger partial charge is 0.455 e. The summed E-state index contributed by atoms with van der Waals surface area (Å²) >= 11 is 1.39. The van der Waals surface area contributed by atoms with Crippen LogP contribution in [0, 0.1) is 0 Å². The number of piperidine rings is 1. The monoisotopic (exact) mass is 384 g/mol. The summed E-state index contributed by atoms with van der Waals surface area (Å²) in [6, 6.07) is 17.4. The van der Waals surface area contributed by atoms with Crippen LogP contribution in [0.2, 0.25) is 0 Å². The molecule has 1 saturated heterocycles. The second kappa shape index (κ2) is 10.0. The average molecular weight is 385 g/mol. The van der Waals surface area contributed by atoms with Crippen LogP contribution in [0.5, 0.6) is 0 Å². The Bertz CT molecular complexity index is 744. The van der Waals surface area contributed by atoms with Crippen molar-refractivity contribution in [2.45, 2.75) is 24.2 Å². The zero-order chi connectivity index (χ0) is 18.9. The van der Waals surface area contributed by atoms with Crippen LogP contribution >= 0.6 is 11.8 Å². The number of carbonyl (C=O) groups excluding carboxylic acids is 2. The molecular weight excluding hydrogens is 360 g/mol. The Morgan fingerprint density at radius 3 is 2.37 bits per heavy atom. The minimum Gasteiger partial charge on any atom is -0.455 e. The molecule has 3 rings (SSSR count). The van der Waals surface area contributed by atoms with Gasteiger partial charge in [0.1, 0.15) is 0 Å². The molecule has 0 spiro atoms. The molecule has 1 aliphatic rings. The topological polar surface area (TPSA) is 58.6 Å². The lowest BCUT2D eigenvalue weighted by Crippen LogP contribution is -2.29. The fraction of sp³-hybridized carbons (Fsp3) is 0.333. The molecule has 0 unspecified atom stereocenters. The van der Waals surface area contributed by atoms with Gasteiger partial charge >= 0.3 is 5.97 Å². The van der Waals surface area contributed by atoms with Crippen molar-refractivity contribution in [3.8, 4) is 0 Å². The van der Waals surface area contributed by atoms with Crippen LogP contribution in [0.4, 0.5) is 11.4 Å². The molecule has 27 heavy (non-hydrogen) atoms. The number of ether oxygens (including phenoxy) is 1. The molecule has 1 N–H and O–H groups in total. The SMILES string of the molecule is O=C(COC(=O)CSc1ccccc1)Nc1ccc(N2CCCCC2)cc1. The second-order valence-corrected chi connectivity index (χ2v) is 7.45. The Labute approximate surface area is 164 Å². The highest BCUT2D eigenvalue weighted by molar-refractivity contribution is 8.00. The van der Waals surface area contributed by atoms with E-state index in [4.69, 9.17) is 4.74 Å². The molecule has 2 aromatic rings. The van der Waals surface area contributed by atoms with Crippen molar-refractivity contribution in [2.24, 2.45) is 0 Å². The summed E-state index contributed by atoms with van der Waals surface area (Å²) in [5.41, 5.74) is 1.88. The Kier molecular flexibility index (Phi) is 7.16. The number of nitrogens with zero attached hydrogens (tertiary/aromatic N) is 1. The van der Waals surface area contributed by atoms with Gasteiger partial charge < -0.3 is 15.0 Å². The van der Waals surface area contributed by atoms with Gasteiger partial charge in [-0.15, -0.1) is 11.8 Å². The van der Waals surface area contributed by atoms with Crippen LogP contribution in [0.15, 0.2) is 59.5 Å². The molecule has 0 saturated carbocycles. The summed E-state index contributed by atoms with van der Waals surface area (Å²) in [7, 11) is 0. The molecular formula is C21H24N2O3S. The standard InChI is InChI=1S/C21H24N2O3S/c24-20(15-26-21(25)16-27-19-7-3-1-4-8-19)22-17-9-11-18(12-10-17)23-13-5-2-6-14-23/h1,3-4,7-12H,2,5-6,13-16H2,(H,22,24). The van der Waals surface area contributed by atoms with E-state index in [1.807, 2.05) is 54.6 Å². The van der Waals surface area contributed by atoms with Crippen molar-refractivity contribution in [3.05, 3.63) is 54.6 Å². The number of rotatable bonds is 7. The fourth-order valence-corrected chi connectivity index (χ4v) is 3.67. The predicted octanol–water partition coefficient (Wildman–Crippen LogP) is 3.95. The first-order valence-corrected chi connectivity index (χ1v) is 10.2. The van der Waals surface area contributed by atoms with Crippen LogP contribution in [-0.4, -0.2) is 37.3 Å². The van der Waals surface area contributed by atoms with E-state index >= 15 is 0 Å². The normalized spacial score (nSPS) is 13.9. The number of carbonyl (C=O) groups is 2. The lowest BCUT2D eigenvalue weighted by atomic mass is 10.1. The quantitative estimate of drug-likeness (QED) is 0.579. The summed E-state index contributed by atoms with van der Waals surface area (Å²) in [5.74, 6) is -0.555. The molecule has 1 fully saturated rings. The fourth-order valence-electron chi connectivity index (χ4n) is 2.95. The van der Waals surface area contributed by atoms with E-state index in [1.54, 1.807) is 0 Å². The van der Waals surface area contributed by atoms with Crippen molar-refractivity contribution in [2.75, 3.05) is 35.7 Å². The molecule has 0 aromatic heterocycles. The molecule has 2 aromatic carbocycles. The van der Waals surface area contributed by atoms with Crippen molar-refractivity contribution in [3.63, 3.8) is 0 Å². The number of anilines is 2. The second-order valence-electron chi connectivity index (χ2n) is 6.41. The van der Waals surface area contributed by atoms with Gasteiger partial charge in [-0.05, 0) is 55.7 Å². The zero-order valence-corrected chi connectivity index (χ0v) is 16.0. The lowest BCUT2D eigenvalue weighted by molar-refractivity contribution is -0.144. The van der Waals surface area contributed by atoms with Gasteiger partial charge in [-0.1, -0.05) is 18.2 Å². The Morgan fingerprint density at radius 2 is 1.67 bits per heavy atom. The van der Waals surface area contributed by atoms with Crippen LogP contribution in [0.25, 0.3) is 0 Å². The zero-order valence-electron chi connectivity index (χ0n) is 15.2. The third kappa shape index (κ3) is 6.32. The number of hydrogen-bond donors (Lipinski definition) is 1. The summed E-state index contributed by atoms with van der Waals surface area (Å²) in [5, 5.41) is 2.76. The van der Waals surface area contributed by atoms with Gasteiger partial charge in [0.15, 0.2) is 6.61 Å². The van der Waals surface area contributed by atoms with E-state index in [0.29, 0.717) is 5.69 Å². The maximum Gasteiger partial charge on any atom is 0.316 e. The molecule has 0 bridgehead atoms.